The van der Waals surface area contributed by atoms with E-state index in [1.54, 1.807) is 0 Å². The molecule has 0 atom stereocenters. The van der Waals surface area contributed by atoms with E-state index in [0.717, 1.165) is 31.9 Å². The maximum atomic E-state index is 6.24. The fourth-order valence-corrected chi connectivity index (χ4v) is 4.22. The molecule has 0 fully saturated rings. The zero-order chi connectivity index (χ0) is 19.1. The van der Waals surface area contributed by atoms with Crippen LogP contribution in [-0.2, 0) is 0 Å². The van der Waals surface area contributed by atoms with Crippen molar-refractivity contribution in [1.82, 2.24) is 25.4 Å². The highest BCUT2D eigenvalue weighted by Gasteiger charge is 2.19. The Morgan fingerprint density at radius 1 is 0.929 bits per heavy atom. The van der Waals surface area contributed by atoms with Crippen LogP contribution in [0.3, 0.4) is 0 Å². The molecule has 0 spiro atoms. The molecule has 0 aliphatic carbocycles. The molecule has 2 aromatic carbocycles. The van der Waals surface area contributed by atoms with Crippen LogP contribution in [0.2, 0.25) is 5.15 Å². The molecule has 28 heavy (non-hydrogen) atoms. The number of hydrogen-bond acceptors (Lipinski definition) is 7. The van der Waals surface area contributed by atoms with Gasteiger partial charge in [0.25, 0.3) is 0 Å². The summed E-state index contributed by atoms with van der Waals surface area (Å²) in [5.41, 5.74) is 4.53. The number of hydrogen-bond donors (Lipinski definition) is 1. The molecule has 3 heterocycles. The van der Waals surface area contributed by atoms with Gasteiger partial charge in [-0.05, 0) is 24.3 Å². The molecule has 6 nitrogen and oxygen atoms in total. The van der Waals surface area contributed by atoms with Gasteiger partial charge in [-0.1, -0.05) is 59.6 Å². The van der Waals surface area contributed by atoms with Crippen molar-refractivity contribution in [3.8, 4) is 11.3 Å². The predicted molar refractivity (Wildman–Crippen MR) is 113 cm³/mol. The minimum absolute atomic E-state index is 0.319. The first kappa shape index (κ1) is 17.0. The maximum Gasteiger partial charge on any atom is 0.229 e. The highest BCUT2D eigenvalue weighted by atomic mass is 35.5. The molecule has 0 aliphatic heterocycles. The normalized spacial score (nSPS) is 11.2. The average Bonchev–Trinajstić information content (AvgIpc) is 3.10. The summed E-state index contributed by atoms with van der Waals surface area (Å²) in [6.45, 7) is 2.05. The van der Waals surface area contributed by atoms with E-state index >= 15 is 0 Å². The third-order valence-electron chi connectivity index (χ3n) is 4.35. The van der Waals surface area contributed by atoms with E-state index in [4.69, 9.17) is 21.6 Å². The third kappa shape index (κ3) is 2.94. The van der Waals surface area contributed by atoms with Crippen molar-refractivity contribution in [2.75, 3.05) is 5.32 Å². The Morgan fingerprint density at radius 3 is 2.50 bits per heavy atom. The Balaban J connectivity index is 1.76. The molecular weight excluding hydrogens is 392 g/mol. The number of benzene rings is 2. The van der Waals surface area contributed by atoms with Gasteiger partial charge in [-0.25, -0.2) is 9.97 Å². The Labute approximate surface area is 169 Å². The summed E-state index contributed by atoms with van der Waals surface area (Å²) in [5, 5.41) is 16.3. The lowest BCUT2D eigenvalue weighted by Crippen LogP contribution is -1.99. The van der Waals surface area contributed by atoms with E-state index in [9.17, 15) is 0 Å². The number of fused-ring (bicyclic) bond motifs is 3. The molecule has 0 aliphatic rings. The van der Waals surface area contributed by atoms with E-state index in [2.05, 4.69) is 27.7 Å². The highest BCUT2D eigenvalue weighted by molar-refractivity contribution is 7.26. The van der Waals surface area contributed by atoms with Crippen LogP contribution in [0.5, 0.6) is 0 Å². The predicted octanol–water partition coefficient (Wildman–Crippen LogP) is 5.40. The Hall–Kier alpha value is -3.16. The number of nitrogens with one attached hydrogen (secondary N) is 1. The molecule has 0 bridgehead atoms. The summed E-state index contributed by atoms with van der Waals surface area (Å²) in [7, 11) is 0. The molecular formula is C20H13ClN6S. The summed E-state index contributed by atoms with van der Waals surface area (Å²) in [6, 6.07) is 18.0. The molecule has 5 rings (SSSR count). The monoisotopic (exact) mass is 404 g/mol. The van der Waals surface area contributed by atoms with Crippen molar-refractivity contribution in [3.63, 3.8) is 0 Å². The van der Waals surface area contributed by atoms with Crippen molar-refractivity contribution in [2.45, 2.75) is 6.92 Å². The van der Waals surface area contributed by atoms with Crippen LogP contribution in [-0.4, -0.2) is 25.4 Å². The lowest BCUT2D eigenvalue weighted by atomic mass is 10.1. The second-order valence-corrected chi connectivity index (χ2v) is 7.65. The Kier molecular flexibility index (Phi) is 4.11. The molecule has 8 heteroatoms. The average molecular weight is 405 g/mol. The molecule has 136 valence electrons. The van der Waals surface area contributed by atoms with E-state index in [1.165, 1.54) is 16.9 Å². The van der Waals surface area contributed by atoms with E-state index in [0.29, 0.717) is 16.6 Å². The van der Waals surface area contributed by atoms with Crippen LogP contribution in [0.15, 0.2) is 54.6 Å². The van der Waals surface area contributed by atoms with Crippen LogP contribution < -0.4 is 5.32 Å². The molecule has 5 aromatic rings. The van der Waals surface area contributed by atoms with Gasteiger partial charge in [0.2, 0.25) is 5.95 Å². The van der Waals surface area contributed by atoms with Gasteiger partial charge in [0.15, 0.2) is 5.15 Å². The van der Waals surface area contributed by atoms with Crippen LogP contribution in [0.25, 0.3) is 31.7 Å². The van der Waals surface area contributed by atoms with Crippen LogP contribution in [0, 0.1) is 6.92 Å². The lowest BCUT2D eigenvalue weighted by molar-refractivity contribution is 0.900. The van der Waals surface area contributed by atoms with Crippen LogP contribution >= 0.6 is 22.9 Å². The number of thiophene rings is 1. The quantitative estimate of drug-likeness (QED) is 0.433. The Morgan fingerprint density at radius 2 is 1.71 bits per heavy atom. The zero-order valence-corrected chi connectivity index (χ0v) is 16.3. The van der Waals surface area contributed by atoms with Gasteiger partial charge in [-0.2, -0.15) is 0 Å². The number of aromatic nitrogens is 5. The summed E-state index contributed by atoms with van der Waals surface area (Å²) in [6.07, 6.45) is 0. The molecule has 0 unspecified atom stereocenters. The van der Waals surface area contributed by atoms with Crippen molar-refractivity contribution in [2.24, 2.45) is 0 Å². The number of rotatable bonds is 3. The van der Waals surface area contributed by atoms with Gasteiger partial charge < -0.3 is 5.32 Å². The number of nitrogens with zero attached hydrogens (tertiary/aromatic N) is 5. The molecule has 0 saturated carbocycles. The summed E-state index contributed by atoms with van der Waals surface area (Å²) in [4.78, 5) is 10.3. The molecule has 3 aromatic heterocycles. The van der Waals surface area contributed by atoms with Gasteiger partial charge in [0.05, 0.1) is 15.8 Å². The van der Waals surface area contributed by atoms with Crippen molar-refractivity contribution in [1.29, 1.82) is 0 Å². The lowest BCUT2D eigenvalue weighted by Gasteiger charge is -2.09. The SMILES string of the molecule is Cc1ccc(Nc2nc(-c3ccccc3)c3c(n2)sc2c(Cl)nnnc23)cc1. The highest BCUT2D eigenvalue weighted by Crippen LogP contribution is 2.39. The molecule has 0 amide bonds. The smallest absolute Gasteiger partial charge is 0.229 e. The minimum Gasteiger partial charge on any atom is -0.324 e. The van der Waals surface area contributed by atoms with Gasteiger partial charge in [-0.15, -0.1) is 21.5 Å². The van der Waals surface area contributed by atoms with Gasteiger partial charge in [-0.3, -0.25) is 0 Å². The second kappa shape index (κ2) is 6.78. The van der Waals surface area contributed by atoms with E-state index in [-0.39, 0.29) is 0 Å². The van der Waals surface area contributed by atoms with Gasteiger partial charge >= 0.3 is 0 Å². The number of halogens is 1. The summed E-state index contributed by atoms with van der Waals surface area (Å²) in [5.74, 6) is 0.513. The van der Waals surface area contributed by atoms with Crippen molar-refractivity contribution in [3.05, 3.63) is 65.3 Å². The first-order chi connectivity index (χ1) is 13.7. The molecule has 0 saturated heterocycles. The third-order valence-corrected chi connectivity index (χ3v) is 5.80. The van der Waals surface area contributed by atoms with Crippen molar-refractivity contribution >= 4 is 55.0 Å². The fraction of sp³-hybridized carbons (Fsp3) is 0.0500. The molecule has 0 radical (unpaired) electrons. The fourth-order valence-electron chi connectivity index (χ4n) is 3.00. The topological polar surface area (TPSA) is 76.5 Å². The summed E-state index contributed by atoms with van der Waals surface area (Å²) < 4.78 is 0.755. The largest absolute Gasteiger partial charge is 0.324 e. The standard InChI is InChI=1S/C20H13ClN6S/c1-11-7-9-13(10-8-11)22-20-23-15(12-5-3-2-4-6-12)14-16-17(28-19(14)24-20)18(21)26-27-25-16/h2-10H,1H3,(H,22,23,24). The first-order valence-corrected chi connectivity index (χ1v) is 9.77. The van der Waals surface area contributed by atoms with Crippen molar-refractivity contribution < 1.29 is 0 Å². The maximum absolute atomic E-state index is 6.24. The van der Waals surface area contributed by atoms with Crippen LogP contribution in [0.4, 0.5) is 11.6 Å². The zero-order valence-electron chi connectivity index (χ0n) is 14.7. The summed E-state index contributed by atoms with van der Waals surface area (Å²) >= 11 is 7.68. The van der Waals surface area contributed by atoms with E-state index < -0.39 is 0 Å². The second-order valence-electron chi connectivity index (χ2n) is 6.29. The number of anilines is 2. The minimum atomic E-state index is 0.319. The van der Waals surface area contributed by atoms with Gasteiger partial charge in [0.1, 0.15) is 10.3 Å². The Bertz CT molecular complexity index is 1300. The first-order valence-electron chi connectivity index (χ1n) is 8.57. The van der Waals surface area contributed by atoms with Gasteiger partial charge in [0, 0.05) is 11.3 Å². The van der Waals surface area contributed by atoms with Crippen LogP contribution in [0.1, 0.15) is 5.56 Å². The molecule has 1 N–H and O–H groups in total. The number of aryl methyl sites for hydroxylation is 1. The van der Waals surface area contributed by atoms with E-state index in [1.807, 2.05) is 54.6 Å².